The predicted molar refractivity (Wildman–Crippen MR) is 103 cm³/mol. The molecule has 0 unspecified atom stereocenters. The van der Waals surface area contributed by atoms with E-state index in [-0.39, 0.29) is 11.7 Å². The highest BCUT2D eigenvalue weighted by Crippen LogP contribution is 2.26. The minimum atomic E-state index is -0.393. The van der Waals surface area contributed by atoms with Crippen molar-refractivity contribution >= 4 is 23.4 Å². The molecular weight excluding hydrogens is 367 g/mol. The second-order valence-electron chi connectivity index (χ2n) is 5.85. The third-order valence-electron chi connectivity index (χ3n) is 3.93. The highest BCUT2D eigenvalue weighted by Gasteiger charge is 2.19. The van der Waals surface area contributed by atoms with E-state index in [0.717, 1.165) is 5.75 Å². The summed E-state index contributed by atoms with van der Waals surface area (Å²) < 4.78 is 20.3. The van der Waals surface area contributed by atoms with Gasteiger partial charge in [0.25, 0.3) is 0 Å². The molecule has 8 heteroatoms. The Hall–Kier alpha value is -2.87. The number of aromatic nitrogens is 3. The number of nitrogens with zero attached hydrogens (tertiary/aromatic N) is 3. The summed E-state index contributed by atoms with van der Waals surface area (Å²) in [7, 11) is 3.38. The van der Waals surface area contributed by atoms with E-state index in [2.05, 4.69) is 15.5 Å². The summed E-state index contributed by atoms with van der Waals surface area (Å²) in [6, 6.07) is 13.3. The first-order chi connectivity index (χ1) is 13.0. The molecule has 6 nitrogen and oxygen atoms in total. The number of rotatable bonds is 6. The first-order valence-corrected chi connectivity index (χ1v) is 9.13. The Labute approximate surface area is 160 Å². The first kappa shape index (κ1) is 18.9. The van der Waals surface area contributed by atoms with Gasteiger partial charge < -0.3 is 14.6 Å². The van der Waals surface area contributed by atoms with Gasteiger partial charge in [-0.25, -0.2) is 4.39 Å². The van der Waals surface area contributed by atoms with Crippen LogP contribution in [0.1, 0.15) is 6.92 Å². The normalized spacial score (nSPS) is 11.9. The maximum Gasteiger partial charge on any atom is 0.237 e. The van der Waals surface area contributed by atoms with Gasteiger partial charge in [-0.2, -0.15) is 0 Å². The Kier molecular flexibility index (Phi) is 5.75. The van der Waals surface area contributed by atoms with Crippen molar-refractivity contribution in [2.75, 3.05) is 12.4 Å². The second kappa shape index (κ2) is 8.22. The lowest BCUT2D eigenvalue weighted by Crippen LogP contribution is -2.22. The number of amides is 1. The molecule has 0 aliphatic carbocycles. The summed E-state index contributed by atoms with van der Waals surface area (Å²) in [4.78, 5) is 12.4. The molecule has 1 atom stereocenters. The Morgan fingerprint density at radius 3 is 2.63 bits per heavy atom. The van der Waals surface area contributed by atoms with Crippen LogP contribution in [0, 0.1) is 5.82 Å². The number of carbonyl (C=O) groups excluding carboxylic acids is 1. The van der Waals surface area contributed by atoms with Gasteiger partial charge in [-0.15, -0.1) is 10.2 Å². The lowest BCUT2D eigenvalue weighted by atomic mass is 10.2. The molecule has 1 heterocycles. The predicted octanol–water partition coefficient (Wildman–Crippen LogP) is 3.75. The summed E-state index contributed by atoms with van der Waals surface area (Å²) >= 11 is 1.28. The van der Waals surface area contributed by atoms with Crippen LogP contribution in [0.3, 0.4) is 0 Å². The molecule has 0 bridgehead atoms. The summed E-state index contributed by atoms with van der Waals surface area (Å²) in [5.41, 5.74) is 1.32. The van der Waals surface area contributed by atoms with Crippen LogP contribution >= 0.6 is 11.8 Å². The van der Waals surface area contributed by atoms with E-state index >= 15 is 0 Å². The van der Waals surface area contributed by atoms with Crippen LogP contribution in [-0.2, 0) is 11.8 Å². The van der Waals surface area contributed by atoms with E-state index < -0.39 is 5.25 Å². The molecule has 0 saturated carbocycles. The van der Waals surface area contributed by atoms with Gasteiger partial charge in [0.2, 0.25) is 5.91 Å². The molecule has 2 aromatic carbocycles. The van der Waals surface area contributed by atoms with E-state index in [1.165, 1.54) is 23.9 Å². The first-order valence-electron chi connectivity index (χ1n) is 8.25. The Morgan fingerprint density at radius 1 is 1.22 bits per heavy atom. The third kappa shape index (κ3) is 4.46. The molecule has 140 valence electrons. The fourth-order valence-corrected chi connectivity index (χ4v) is 3.24. The number of hydrogen-bond donors (Lipinski definition) is 1. The van der Waals surface area contributed by atoms with Gasteiger partial charge in [0, 0.05) is 18.3 Å². The van der Waals surface area contributed by atoms with E-state index in [1.807, 2.05) is 0 Å². The molecule has 3 rings (SSSR count). The Balaban J connectivity index is 1.68. The van der Waals surface area contributed by atoms with Crippen molar-refractivity contribution in [1.82, 2.24) is 14.8 Å². The van der Waals surface area contributed by atoms with Crippen LogP contribution < -0.4 is 10.1 Å². The number of methoxy groups -OCH3 is 1. The molecule has 1 amide bonds. The number of anilines is 1. The standard InChI is InChI=1S/C19H19FN4O2S/c1-12(18(25)21-15-7-9-16(26-3)10-8-15)27-19-23-22-17(24(19)2)13-5-4-6-14(20)11-13/h4-12H,1-3H3,(H,21,25)/t12-/m0/s1. The zero-order valence-corrected chi connectivity index (χ0v) is 16.0. The fraction of sp³-hybridized carbons (Fsp3) is 0.211. The van der Waals surface area contributed by atoms with Crippen LogP contribution in [0.25, 0.3) is 11.4 Å². The minimum Gasteiger partial charge on any atom is -0.497 e. The molecule has 0 aliphatic rings. The third-order valence-corrected chi connectivity index (χ3v) is 5.06. The molecule has 0 saturated heterocycles. The van der Waals surface area contributed by atoms with Crippen LogP contribution in [0.5, 0.6) is 5.75 Å². The van der Waals surface area contributed by atoms with Gasteiger partial charge in [-0.1, -0.05) is 23.9 Å². The van der Waals surface area contributed by atoms with Gasteiger partial charge in [0.05, 0.1) is 12.4 Å². The Morgan fingerprint density at radius 2 is 1.96 bits per heavy atom. The van der Waals surface area contributed by atoms with Crippen LogP contribution in [0.4, 0.5) is 10.1 Å². The minimum absolute atomic E-state index is 0.152. The van der Waals surface area contributed by atoms with Crippen molar-refractivity contribution < 1.29 is 13.9 Å². The van der Waals surface area contributed by atoms with Crippen LogP contribution in [0.15, 0.2) is 53.7 Å². The van der Waals surface area contributed by atoms with E-state index in [4.69, 9.17) is 4.74 Å². The van der Waals surface area contributed by atoms with Crippen molar-refractivity contribution in [1.29, 1.82) is 0 Å². The van der Waals surface area contributed by atoms with Gasteiger partial charge in [-0.3, -0.25) is 4.79 Å². The highest BCUT2D eigenvalue weighted by molar-refractivity contribution is 8.00. The maximum atomic E-state index is 13.4. The van der Waals surface area contributed by atoms with Crippen molar-refractivity contribution in [2.45, 2.75) is 17.3 Å². The molecule has 0 aliphatic heterocycles. The monoisotopic (exact) mass is 386 g/mol. The number of ether oxygens (including phenoxy) is 1. The smallest absolute Gasteiger partial charge is 0.237 e. The zero-order valence-electron chi connectivity index (χ0n) is 15.1. The molecule has 1 aromatic heterocycles. The van der Waals surface area contributed by atoms with Crippen molar-refractivity contribution in [3.8, 4) is 17.1 Å². The van der Waals surface area contributed by atoms with E-state index in [0.29, 0.717) is 22.2 Å². The van der Waals surface area contributed by atoms with E-state index in [9.17, 15) is 9.18 Å². The molecular formula is C19H19FN4O2S. The average molecular weight is 386 g/mol. The lowest BCUT2D eigenvalue weighted by Gasteiger charge is -2.12. The summed E-state index contributed by atoms with van der Waals surface area (Å²) in [6.45, 7) is 1.79. The number of thioether (sulfide) groups is 1. The number of halogens is 1. The summed E-state index contributed by atoms with van der Waals surface area (Å²) in [6.07, 6.45) is 0. The van der Waals surface area contributed by atoms with Gasteiger partial charge in [0.1, 0.15) is 11.6 Å². The fourth-order valence-electron chi connectivity index (χ4n) is 2.43. The topological polar surface area (TPSA) is 69.0 Å². The van der Waals surface area contributed by atoms with Gasteiger partial charge in [-0.05, 0) is 43.3 Å². The number of carbonyl (C=O) groups is 1. The average Bonchev–Trinajstić information content (AvgIpc) is 3.02. The molecule has 0 spiro atoms. The second-order valence-corrected chi connectivity index (χ2v) is 7.16. The Bertz CT molecular complexity index is 943. The molecule has 3 aromatic rings. The van der Waals surface area contributed by atoms with Gasteiger partial charge >= 0.3 is 0 Å². The summed E-state index contributed by atoms with van der Waals surface area (Å²) in [5.74, 6) is 0.775. The quantitative estimate of drug-likeness (QED) is 0.654. The van der Waals surface area contributed by atoms with Crippen molar-refractivity contribution in [3.05, 3.63) is 54.3 Å². The van der Waals surface area contributed by atoms with Gasteiger partial charge in [0.15, 0.2) is 11.0 Å². The molecule has 0 radical (unpaired) electrons. The zero-order chi connectivity index (χ0) is 19.4. The van der Waals surface area contributed by atoms with Crippen LogP contribution in [-0.4, -0.2) is 33.0 Å². The molecule has 27 heavy (non-hydrogen) atoms. The number of nitrogens with one attached hydrogen (secondary N) is 1. The van der Waals surface area contributed by atoms with Crippen LogP contribution in [0.2, 0.25) is 0 Å². The maximum absolute atomic E-state index is 13.4. The lowest BCUT2D eigenvalue weighted by molar-refractivity contribution is -0.115. The number of hydrogen-bond acceptors (Lipinski definition) is 5. The highest BCUT2D eigenvalue weighted by atomic mass is 32.2. The van der Waals surface area contributed by atoms with Crippen molar-refractivity contribution in [2.24, 2.45) is 7.05 Å². The molecule has 0 fully saturated rings. The van der Waals surface area contributed by atoms with E-state index in [1.54, 1.807) is 62.0 Å². The van der Waals surface area contributed by atoms with Crippen molar-refractivity contribution in [3.63, 3.8) is 0 Å². The summed E-state index contributed by atoms with van der Waals surface area (Å²) in [5, 5.41) is 11.3. The largest absolute Gasteiger partial charge is 0.497 e. The SMILES string of the molecule is COc1ccc(NC(=O)[C@H](C)Sc2nnc(-c3cccc(F)c3)n2C)cc1. The number of benzene rings is 2. The molecule has 1 N–H and O–H groups in total.